The molecule has 162 valence electrons. The maximum atomic E-state index is 12.8. The number of nitrogens with zero attached hydrogens (tertiary/aromatic N) is 5. The highest BCUT2D eigenvalue weighted by Crippen LogP contribution is 2.19. The number of nitrogens with two attached hydrogens (primary N) is 2. The molecule has 0 aliphatic heterocycles. The van der Waals surface area contributed by atoms with Crippen molar-refractivity contribution in [2.24, 2.45) is 16.8 Å². The normalized spacial score (nSPS) is 10.7. The van der Waals surface area contributed by atoms with E-state index in [1.54, 1.807) is 0 Å². The largest absolute Gasteiger partial charge is 0.334 e. The van der Waals surface area contributed by atoms with Gasteiger partial charge in [-0.15, -0.1) is 10.1 Å². The second kappa shape index (κ2) is 10.5. The van der Waals surface area contributed by atoms with Crippen LogP contribution < -0.4 is 11.7 Å². The Balaban J connectivity index is 3.35. The predicted molar refractivity (Wildman–Crippen MR) is 103 cm³/mol. The third kappa shape index (κ3) is 5.71. The molecule has 0 bridgehead atoms. The van der Waals surface area contributed by atoms with Crippen molar-refractivity contribution in [2.75, 3.05) is 34.4 Å². The standard InChI is InChI=1S/C16H21N7O7/c1-20(6-14(19-17)22(3)18)15(26)12-5-13(11(8-25)4-10(12)7-24)16(27)21(2)9-30-23(28)29/h4-5,7-8H,6,9,17-18H2,1-3H3/b19-14-. The number of carbonyl (C=O) groups excluding carboxylic acids is 4. The van der Waals surface area contributed by atoms with Crippen LogP contribution >= 0.6 is 0 Å². The van der Waals surface area contributed by atoms with E-state index in [1.165, 1.54) is 21.1 Å². The molecule has 30 heavy (non-hydrogen) atoms. The minimum atomic E-state index is -1.09. The Labute approximate surface area is 170 Å². The second-order valence-electron chi connectivity index (χ2n) is 6.06. The fraction of sp³-hybridized carbons (Fsp3) is 0.312. The summed E-state index contributed by atoms with van der Waals surface area (Å²) in [5.41, 5.74) is -0.742. The lowest BCUT2D eigenvalue weighted by atomic mass is 9.97. The summed E-state index contributed by atoms with van der Waals surface area (Å²) in [6.45, 7) is -0.822. The van der Waals surface area contributed by atoms with Gasteiger partial charge in [-0.05, 0) is 12.1 Å². The highest BCUT2D eigenvalue weighted by atomic mass is 17.0. The van der Waals surface area contributed by atoms with Crippen LogP contribution in [0.15, 0.2) is 17.2 Å². The summed E-state index contributed by atoms with van der Waals surface area (Å²) in [7, 11) is 4.04. The first-order valence-electron chi connectivity index (χ1n) is 8.19. The second-order valence-corrected chi connectivity index (χ2v) is 6.06. The van der Waals surface area contributed by atoms with E-state index < -0.39 is 23.6 Å². The first-order chi connectivity index (χ1) is 14.1. The van der Waals surface area contributed by atoms with E-state index in [9.17, 15) is 29.3 Å². The fourth-order valence-corrected chi connectivity index (χ4v) is 2.33. The van der Waals surface area contributed by atoms with E-state index in [1.807, 2.05) is 0 Å². The summed E-state index contributed by atoms with van der Waals surface area (Å²) in [6.07, 6.45) is 0.678. The van der Waals surface area contributed by atoms with Gasteiger partial charge in [0.25, 0.3) is 16.9 Å². The topological polar surface area (TPSA) is 195 Å². The van der Waals surface area contributed by atoms with Crippen molar-refractivity contribution in [3.63, 3.8) is 0 Å². The van der Waals surface area contributed by atoms with Gasteiger partial charge in [0.2, 0.25) is 0 Å². The number of hydrazone groups is 1. The number of likely N-dealkylation sites (N-methyl/N-ethyl adjacent to an activating group) is 2. The highest BCUT2D eigenvalue weighted by molar-refractivity contribution is 6.08. The Morgan fingerprint density at radius 2 is 1.60 bits per heavy atom. The van der Waals surface area contributed by atoms with Crippen molar-refractivity contribution >= 4 is 30.2 Å². The van der Waals surface area contributed by atoms with Gasteiger partial charge in [0.05, 0.1) is 17.7 Å². The maximum Gasteiger partial charge on any atom is 0.296 e. The molecule has 0 aromatic heterocycles. The summed E-state index contributed by atoms with van der Waals surface area (Å²) >= 11 is 0. The van der Waals surface area contributed by atoms with Crippen molar-refractivity contribution in [1.82, 2.24) is 14.8 Å². The van der Waals surface area contributed by atoms with Crippen LogP contribution in [0, 0.1) is 10.1 Å². The van der Waals surface area contributed by atoms with E-state index in [2.05, 4.69) is 9.94 Å². The van der Waals surface area contributed by atoms with Crippen molar-refractivity contribution in [2.45, 2.75) is 0 Å². The zero-order valence-electron chi connectivity index (χ0n) is 16.5. The number of hydrogen-bond acceptors (Lipinski definition) is 10. The maximum absolute atomic E-state index is 12.8. The molecule has 0 aliphatic carbocycles. The van der Waals surface area contributed by atoms with Gasteiger partial charge >= 0.3 is 0 Å². The Kier molecular flexibility index (Phi) is 8.36. The number of hydrogen-bond donors (Lipinski definition) is 2. The Morgan fingerprint density at radius 3 is 2.00 bits per heavy atom. The van der Waals surface area contributed by atoms with Gasteiger partial charge in [-0.2, -0.15) is 5.10 Å². The molecule has 0 aliphatic rings. The molecule has 14 heteroatoms. The van der Waals surface area contributed by atoms with E-state index in [0.29, 0.717) is 12.6 Å². The summed E-state index contributed by atoms with van der Waals surface area (Å²) < 4.78 is 0. The lowest BCUT2D eigenvalue weighted by Gasteiger charge is -2.23. The lowest BCUT2D eigenvalue weighted by Crippen LogP contribution is -2.43. The number of hydrazine groups is 1. The van der Waals surface area contributed by atoms with E-state index in [0.717, 1.165) is 26.9 Å². The highest BCUT2D eigenvalue weighted by Gasteiger charge is 2.24. The average Bonchev–Trinajstić information content (AvgIpc) is 2.72. The molecule has 0 spiro atoms. The zero-order valence-corrected chi connectivity index (χ0v) is 16.5. The smallest absolute Gasteiger partial charge is 0.296 e. The van der Waals surface area contributed by atoms with Crippen LogP contribution in [0.1, 0.15) is 41.4 Å². The van der Waals surface area contributed by atoms with Crippen LogP contribution in [0.25, 0.3) is 0 Å². The average molecular weight is 423 g/mol. The SMILES string of the molecule is CN(CO[N+](=O)[O-])C(=O)c1cc(C(=O)N(C)C/C(=N/N)N(C)N)c(C=O)cc1C=O. The number of carbonyl (C=O) groups is 4. The number of benzene rings is 1. The number of aldehydes is 2. The minimum absolute atomic E-state index is 0.115. The molecular weight excluding hydrogens is 402 g/mol. The van der Waals surface area contributed by atoms with E-state index >= 15 is 0 Å². The van der Waals surface area contributed by atoms with Crippen molar-refractivity contribution < 1.29 is 29.1 Å². The van der Waals surface area contributed by atoms with Crippen LogP contribution in [-0.2, 0) is 4.84 Å². The van der Waals surface area contributed by atoms with Gasteiger partial charge in [0.15, 0.2) is 25.1 Å². The number of amidine groups is 1. The van der Waals surface area contributed by atoms with E-state index in [4.69, 9.17) is 11.7 Å². The van der Waals surface area contributed by atoms with E-state index in [-0.39, 0.29) is 34.6 Å². The summed E-state index contributed by atoms with van der Waals surface area (Å²) in [4.78, 5) is 64.7. The Morgan fingerprint density at radius 1 is 1.10 bits per heavy atom. The van der Waals surface area contributed by atoms with Gasteiger partial charge < -0.3 is 15.6 Å². The summed E-state index contributed by atoms with van der Waals surface area (Å²) in [6, 6.07) is 2.13. The molecule has 0 saturated heterocycles. The molecule has 2 amide bonds. The third-order valence-electron chi connectivity index (χ3n) is 3.92. The third-order valence-corrected chi connectivity index (χ3v) is 3.92. The van der Waals surface area contributed by atoms with Crippen molar-refractivity contribution in [3.8, 4) is 0 Å². The molecule has 1 aromatic rings. The summed E-state index contributed by atoms with van der Waals surface area (Å²) in [5.74, 6) is 9.41. The molecule has 0 unspecified atom stereocenters. The fourth-order valence-electron chi connectivity index (χ4n) is 2.33. The molecule has 0 radical (unpaired) electrons. The van der Waals surface area contributed by atoms with Crippen molar-refractivity contribution in [1.29, 1.82) is 0 Å². The summed E-state index contributed by atoms with van der Waals surface area (Å²) in [5, 5.41) is 13.8. The van der Waals surface area contributed by atoms with Crippen LogP contribution in [0.5, 0.6) is 0 Å². The predicted octanol–water partition coefficient (Wildman–Crippen LogP) is -1.30. The molecule has 0 saturated carbocycles. The van der Waals surface area contributed by atoms with Gasteiger partial charge in [0.1, 0.15) is 0 Å². The first-order valence-corrected chi connectivity index (χ1v) is 8.19. The van der Waals surface area contributed by atoms with Gasteiger partial charge in [-0.1, -0.05) is 0 Å². The molecule has 1 rings (SSSR count). The van der Waals surface area contributed by atoms with Gasteiger partial charge in [-0.25, -0.2) is 5.84 Å². The molecule has 0 atom stereocenters. The Bertz CT molecular complexity index is 885. The quantitative estimate of drug-likeness (QED) is 0.0916. The Hall–Kier alpha value is -4.07. The number of amides is 2. The number of rotatable bonds is 9. The van der Waals surface area contributed by atoms with Crippen LogP contribution in [-0.4, -0.2) is 84.5 Å². The molecule has 0 heterocycles. The van der Waals surface area contributed by atoms with Crippen LogP contribution in [0.4, 0.5) is 0 Å². The minimum Gasteiger partial charge on any atom is -0.334 e. The molecule has 4 N–H and O–H groups in total. The molecule has 0 fully saturated rings. The lowest BCUT2D eigenvalue weighted by molar-refractivity contribution is -0.761. The van der Waals surface area contributed by atoms with Gasteiger partial charge in [-0.3, -0.25) is 29.0 Å². The molecule has 14 nitrogen and oxygen atoms in total. The van der Waals surface area contributed by atoms with Crippen molar-refractivity contribution in [3.05, 3.63) is 44.5 Å². The van der Waals surface area contributed by atoms with Crippen LogP contribution in [0.3, 0.4) is 0 Å². The van der Waals surface area contributed by atoms with Crippen LogP contribution in [0.2, 0.25) is 0 Å². The zero-order chi connectivity index (χ0) is 23.0. The molecule has 1 aromatic carbocycles. The van der Waals surface area contributed by atoms with Gasteiger partial charge in [0, 0.05) is 32.3 Å². The monoisotopic (exact) mass is 423 g/mol. The first kappa shape index (κ1) is 24.0. The molecular formula is C16H21N7O7.